The minimum absolute atomic E-state index is 0.0253. The molecule has 5 nitrogen and oxygen atoms in total. The van der Waals surface area contributed by atoms with Gasteiger partial charge in [0.05, 0.1) is 18.1 Å². The van der Waals surface area contributed by atoms with Gasteiger partial charge in [-0.15, -0.1) is 0 Å². The Hall–Kier alpha value is -1.46. The highest BCUT2D eigenvalue weighted by atomic mass is 16.4. The van der Waals surface area contributed by atoms with E-state index in [2.05, 4.69) is 25.2 Å². The first-order valence-corrected chi connectivity index (χ1v) is 12.1. The minimum atomic E-state index is -0.707. The first kappa shape index (κ1) is 29.5. The maximum absolute atomic E-state index is 11.0. The van der Waals surface area contributed by atoms with Gasteiger partial charge in [-0.2, -0.15) is 0 Å². The molecule has 2 rings (SSSR count). The number of allylic oxidation sites excluding steroid dienone is 4. The van der Waals surface area contributed by atoms with Gasteiger partial charge in [-0.3, -0.25) is 9.59 Å². The third-order valence-corrected chi connectivity index (χ3v) is 6.25. The molecule has 0 amide bonds. The van der Waals surface area contributed by atoms with Crippen molar-refractivity contribution in [3.63, 3.8) is 0 Å². The average molecular weight is 439 g/mol. The summed E-state index contributed by atoms with van der Waals surface area (Å²) in [5.41, 5.74) is 1.49. The lowest BCUT2D eigenvalue weighted by Gasteiger charge is -2.37. The third-order valence-electron chi connectivity index (χ3n) is 6.25. The molecular formula is C26H46O5. The zero-order valence-electron chi connectivity index (χ0n) is 20.5. The molecule has 0 heterocycles. The van der Waals surface area contributed by atoms with Crippen molar-refractivity contribution in [1.82, 2.24) is 0 Å². The van der Waals surface area contributed by atoms with E-state index in [-0.39, 0.29) is 18.1 Å². The number of fused-ring (bicyclic) bond motifs is 1. The molecule has 0 bridgehead atoms. The van der Waals surface area contributed by atoms with Crippen LogP contribution in [0.4, 0.5) is 0 Å². The van der Waals surface area contributed by atoms with Crippen molar-refractivity contribution < 1.29 is 24.9 Å². The number of aliphatic carboxylic acids is 1. The summed E-state index contributed by atoms with van der Waals surface area (Å²) in [6, 6.07) is 0. The average Bonchev–Trinajstić information content (AvgIpc) is 2.73. The predicted octanol–water partition coefficient (Wildman–Crippen LogP) is 5.55. The molecule has 0 fully saturated rings. The zero-order valence-corrected chi connectivity index (χ0v) is 20.5. The van der Waals surface area contributed by atoms with Crippen LogP contribution in [0.25, 0.3) is 0 Å². The molecule has 6 atom stereocenters. The summed E-state index contributed by atoms with van der Waals surface area (Å²) >= 11 is 0. The van der Waals surface area contributed by atoms with E-state index < -0.39 is 18.2 Å². The van der Waals surface area contributed by atoms with Crippen molar-refractivity contribution in [1.29, 1.82) is 0 Å². The van der Waals surface area contributed by atoms with Gasteiger partial charge in [0.2, 0.25) is 0 Å². The van der Waals surface area contributed by atoms with Crippen LogP contribution in [0.5, 0.6) is 0 Å². The maximum atomic E-state index is 11.0. The van der Waals surface area contributed by atoms with Gasteiger partial charge in [0, 0.05) is 6.42 Å². The van der Waals surface area contributed by atoms with E-state index in [1.165, 1.54) is 31.8 Å². The molecule has 0 aromatic carbocycles. The van der Waals surface area contributed by atoms with Gasteiger partial charge in [0.25, 0.3) is 0 Å². The van der Waals surface area contributed by atoms with E-state index in [0.29, 0.717) is 30.6 Å². The number of Topliss-reactive ketones (excluding diaryl/α,β-unsaturated/α-hetero) is 1. The topological polar surface area (TPSA) is 94.8 Å². The van der Waals surface area contributed by atoms with Crippen LogP contribution in [0.1, 0.15) is 92.9 Å². The van der Waals surface area contributed by atoms with Crippen LogP contribution >= 0.6 is 0 Å². The number of carboxylic acid groups (broad SMARTS) is 1. The molecule has 180 valence electrons. The fourth-order valence-corrected chi connectivity index (χ4v) is 4.22. The molecule has 0 radical (unpaired) electrons. The van der Waals surface area contributed by atoms with Crippen LogP contribution in [-0.2, 0) is 9.59 Å². The van der Waals surface area contributed by atoms with Gasteiger partial charge in [-0.25, -0.2) is 0 Å². The van der Waals surface area contributed by atoms with Crippen LogP contribution < -0.4 is 0 Å². The van der Waals surface area contributed by atoms with Crippen molar-refractivity contribution in [2.24, 2.45) is 23.7 Å². The van der Waals surface area contributed by atoms with Crippen molar-refractivity contribution in [3.8, 4) is 0 Å². The summed E-state index contributed by atoms with van der Waals surface area (Å²) in [5, 5.41) is 28.1. The third kappa shape index (κ3) is 11.6. The summed E-state index contributed by atoms with van der Waals surface area (Å²) in [4.78, 5) is 20.9. The first-order valence-electron chi connectivity index (χ1n) is 12.1. The SMILES string of the molecule is CC.CC(=O)CC(O)CC(O)CCC1C(C)C=CC2=CCCCC21.CCC(C)C(=O)O. The molecule has 2 aliphatic rings. The van der Waals surface area contributed by atoms with E-state index in [0.717, 1.165) is 12.8 Å². The van der Waals surface area contributed by atoms with Crippen LogP contribution in [0.15, 0.2) is 23.8 Å². The van der Waals surface area contributed by atoms with Gasteiger partial charge >= 0.3 is 5.97 Å². The highest BCUT2D eigenvalue weighted by Gasteiger charge is 2.32. The Balaban J connectivity index is 0.000000852. The molecule has 0 aliphatic heterocycles. The van der Waals surface area contributed by atoms with E-state index in [4.69, 9.17) is 5.11 Å². The Morgan fingerprint density at radius 2 is 1.84 bits per heavy atom. The van der Waals surface area contributed by atoms with Crippen molar-refractivity contribution in [3.05, 3.63) is 23.8 Å². The second-order valence-electron chi connectivity index (χ2n) is 8.80. The van der Waals surface area contributed by atoms with Gasteiger partial charge in [0.15, 0.2) is 0 Å². The number of carbonyl (C=O) groups excluding carboxylic acids is 1. The molecule has 0 saturated carbocycles. The van der Waals surface area contributed by atoms with E-state index in [9.17, 15) is 19.8 Å². The monoisotopic (exact) mass is 438 g/mol. The molecule has 6 unspecified atom stereocenters. The number of hydrogen-bond acceptors (Lipinski definition) is 4. The predicted molar refractivity (Wildman–Crippen MR) is 127 cm³/mol. The van der Waals surface area contributed by atoms with E-state index in [1.807, 2.05) is 20.8 Å². The normalized spacial score (nSPS) is 24.8. The Morgan fingerprint density at radius 1 is 1.19 bits per heavy atom. The fraction of sp³-hybridized carbons (Fsp3) is 0.769. The number of hydrogen-bond donors (Lipinski definition) is 3. The molecule has 2 aliphatic carbocycles. The van der Waals surface area contributed by atoms with Crippen LogP contribution in [0.2, 0.25) is 0 Å². The first-order chi connectivity index (χ1) is 14.6. The Labute approximate surface area is 189 Å². The number of ketones is 1. The lowest BCUT2D eigenvalue weighted by molar-refractivity contribution is -0.141. The van der Waals surface area contributed by atoms with Gasteiger partial charge < -0.3 is 15.3 Å². The number of carboxylic acids is 1. The largest absolute Gasteiger partial charge is 0.481 e. The highest BCUT2D eigenvalue weighted by Crippen LogP contribution is 2.42. The van der Waals surface area contributed by atoms with Gasteiger partial charge in [-0.05, 0) is 75.2 Å². The Bertz CT molecular complexity index is 580. The quantitative estimate of drug-likeness (QED) is 0.439. The van der Waals surface area contributed by atoms with Gasteiger partial charge in [-0.1, -0.05) is 52.8 Å². The Kier molecular flexibility index (Phi) is 15.4. The van der Waals surface area contributed by atoms with Gasteiger partial charge in [0.1, 0.15) is 5.78 Å². The van der Waals surface area contributed by atoms with Crippen molar-refractivity contribution in [2.45, 2.75) is 105 Å². The van der Waals surface area contributed by atoms with E-state index in [1.54, 1.807) is 6.92 Å². The number of rotatable bonds is 9. The summed E-state index contributed by atoms with van der Waals surface area (Å²) in [5.74, 6) is 0.874. The molecular weight excluding hydrogens is 392 g/mol. The second-order valence-corrected chi connectivity index (χ2v) is 8.80. The second kappa shape index (κ2) is 16.2. The van der Waals surface area contributed by atoms with Crippen LogP contribution in [0.3, 0.4) is 0 Å². The van der Waals surface area contributed by atoms with Crippen molar-refractivity contribution in [2.75, 3.05) is 0 Å². The standard InChI is InChI=1S/C19H30O3.C5H10O2.C2H6/c1-13-7-8-15-5-3-4-6-19(15)18(13)10-9-16(21)12-17(22)11-14(2)20;1-3-4(2)5(6)7;1-2/h5,7-8,13,16-19,21-22H,3-4,6,9-12H2,1-2H3;4H,3H2,1-2H3,(H,6,7);1-2H3. The highest BCUT2D eigenvalue weighted by molar-refractivity contribution is 5.75. The number of aliphatic hydroxyl groups excluding tert-OH is 2. The lowest BCUT2D eigenvalue weighted by Crippen LogP contribution is -2.29. The molecule has 31 heavy (non-hydrogen) atoms. The summed E-state index contributed by atoms with van der Waals surface area (Å²) in [7, 11) is 0. The summed E-state index contributed by atoms with van der Waals surface area (Å²) in [6.45, 7) is 11.3. The number of aliphatic hydroxyl groups is 2. The fourth-order valence-electron chi connectivity index (χ4n) is 4.22. The lowest BCUT2D eigenvalue weighted by atomic mass is 9.68. The summed E-state index contributed by atoms with van der Waals surface area (Å²) < 4.78 is 0. The minimum Gasteiger partial charge on any atom is -0.481 e. The molecule has 5 heteroatoms. The van der Waals surface area contributed by atoms with Crippen LogP contribution in [-0.4, -0.2) is 39.3 Å². The molecule has 0 saturated heterocycles. The van der Waals surface area contributed by atoms with Crippen molar-refractivity contribution >= 4 is 11.8 Å². The van der Waals surface area contributed by atoms with Crippen LogP contribution in [0, 0.1) is 23.7 Å². The smallest absolute Gasteiger partial charge is 0.306 e. The van der Waals surface area contributed by atoms with E-state index >= 15 is 0 Å². The molecule has 0 aromatic heterocycles. The molecule has 0 aromatic rings. The molecule has 3 N–H and O–H groups in total. The molecule has 0 spiro atoms. The zero-order chi connectivity index (χ0) is 24.0. The number of carbonyl (C=O) groups is 2. The summed E-state index contributed by atoms with van der Waals surface area (Å²) in [6.07, 6.45) is 12.3. The Morgan fingerprint density at radius 3 is 2.35 bits per heavy atom. The maximum Gasteiger partial charge on any atom is 0.306 e.